The lowest BCUT2D eigenvalue weighted by atomic mass is 10.2. The Bertz CT molecular complexity index is 432. The van der Waals surface area contributed by atoms with Gasteiger partial charge in [-0.1, -0.05) is 44.4 Å². The van der Waals surface area contributed by atoms with Crippen molar-refractivity contribution >= 4 is 17.7 Å². The van der Waals surface area contributed by atoms with Gasteiger partial charge < -0.3 is 4.74 Å². The molecule has 1 aliphatic rings. The molecule has 0 saturated heterocycles. The van der Waals surface area contributed by atoms with E-state index in [0.29, 0.717) is 6.04 Å². The first kappa shape index (κ1) is 15.3. The molecule has 0 radical (unpaired) electrons. The zero-order valence-corrected chi connectivity index (χ0v) is 12.9. The fraction of sp³-hybridized carbons (Fsp3) is 0.846. The second-order valence-electron chi connectivity index (χ2n) is 5.12. The molecule has 6 nitrogen and oxygen atoms in total. The highest BCUT2D eigenvalue weighted by Crippen LogP contribution is 2.33. The van der Waals surface area contributed by atoms with Gasteiger partial charge in [0.05, 0.1) is 13.2 Å². The van der Waals surface area contributed by atoms with Crippen LogP contribution in [0.2, 0.25) is 0 Å². The van der Waals surface area contributed by atoms with Crippen LogP contribution >= 0.6 is 11.8 Å². The van der Waals surface area contributed by atoms with E-state index in [1.54, 1.807) is 0 Å². The van der Waals surface area contributed by atoms with Crippen molar-refractivity contribution in [1.29, 1.82) is 0 Å². The van der Waals surface area contributed by atoms with E-state index >= 15 is 0 Å². The Labute approximate surface area is 123 Å². The minimum Gasteiger partial charge on any atom is -0.468 e. The average molecular weight is 298 g/mol. The predicted octanol–water partition coefficient (Wildman–Crippen LogP) is 2.61. The third-order valence-corrected chi connectivity index (χ3v) is 4.86. The molecule has 1 heterocycles. The Hall–Kier alpha value is -1.11. The van der Waals surface area contributed by atoms with Crippen molar-refractivity contribution in [1.82, 2.24) is 20.2 Å². The fourth-order valence-corrected chi connectivity index (χ4v) is 3.62. The monoisotopic (exact) mass is 298 g/mol. The number of carbonyl (C=O) groups excluding carboxylic acids is 1. The van der Waals surface area contributed by atoms with Crippen molar-refractivity contribution in [3.05, 3.63) is 0 Å². The largest absolute Gasteiger partial charge is 0.468 e. The maximum atomic E-state index is 11.9. The Morgan fingerprint density at radius 2 is 2.25 bits per heavy atom. The van der Waals surface area contributed by atoms with E-state index in [4.69, 9.17) is 4.74 Å². The van der Waals surface area contributed by atoms with Crippen molar-refractivity contribution < 1.29 is 9.53 Å². The molecule has 1 fully saturated rings. The van der Waals surface area contributed by atoms with Crippen LogP contribution in [0.5, 0.6) is 0 Å². The summed E-state index contributed by atoms with van der Waals surface area (Å²) in [4.78, 5) is 11.9. The molecule has 1 unspecified atom stereocenters. The van der Waals surface area contributed by atoms with Gasteiger partial charge >= 0.3 is 5.97 Å². The van der Waals surface area contributed by atoms with E-state index in [-0.39, 0.29) is 11.2 Å². The lowest BCUT2D eigenvalue weighted by Crippen LogP contribution is -2.20. The smallest absolute Gasteiger partial charge is 0.319 e. The van der Waals surface area contributed by atoms with E-state index in [1.165, 1.54) is 31.7 Å². The molecule has 7 heteroatoms. The number of tetrazole rings is 1. The first-order chi connectivity index (χ1) is 9.76. The van der Waals surface area contributed by atoms with E-state index in [9.17, 15) is 4.79 Å². The number of nitrogens with zero attached hydrogens (tertiary/aromatic N) is 4. The van der Waals surface area contributed by atoms with Crippen molar-refractivity contribution in [2.24, 2.45) is 0 Å². The predicted molar refractivity (Wildman–Crippen MR) is 76.5 cm³/mol. The quantitative estimate of drug-likeness (QED) is 0.569. The molecule has 0 amide bonds. The van der Waals surface area contributed by atoms with Crippen molar-refractivity contribution in [3.63, 3.8) is 0 Å². The van der Waals surface area contributed by atoms with Gasteiger partial charge in [0, 0.05) is 0 Å². The van der Waals surface area contributed by atoms with Crippen LogP contribution < -0.4 is 0 Å². The summed E-state index contributed by atoms with van der Waals surface area (Å²) in [7, 11) is 1.43. The molecule has 1 aromatic rings. The Morgan fingerprint density at radius 3 is 2.90 bits per heavy atom. The third kappa shape index (κ3) is 3.71. The van der Waals surface area contributed by atoms with Crippen LogP contribution in [0.3, 0.4) is 0 Å². The summed E-state index contributed by atoms with van der Waals surface area (Å²) in [5.74, 6) is -0.190. The van der Waals surface area contributed by atoms with E-state index < -0.39 is 0 Å². The number of hydrogen-bond donors (Lipinski definition) is 0. The summed E-state index contributed by atoms with van der Waals surface area (Å²) in [6, 6.07) is 0.386. The molecule has 0 aliphatic heterocycles. The molecule has 0 N–H and O–H groups in total. The molecule has 0 aromatic carbocycles. The van der Waals surface area contributed by atoms with Crippen LogP contribution in [-0.2, 0) is 9.53 Å². The van der Waals surface area contributed by atoms with Gasteiger partial charge in [-0.2, -0.15) is 0 Å². The first-order valence-electron chi connectivity index (χ1n) is 7.28. The van der Waals surface area contributed by atoms with Crippen molar-refractivity contribution in [3.8, 4) is 0 Å². The van der Waals surface area contributed by atoms with Gasteiger partial charge in [-0.05, 0) is 29.7 Å². The molecule has 20 heavy (non-hydrogen) atoms. The maximum absolute atomic E-state index is 11.9. The molecule has 0 bridgehead atoms. The highest BCUT2D eigenvalue weighted by Gasteiger charge is 2.26. The average Bonchev–Trinajstić information content (AvgIpc) is 3.12. The minimum atomic E-state index is -0.217. The second-order valence-corrected chi connectivity index (χ2v) is 6.29. The van der Waals surface area contributed by atoms with Gasteiger partial charge in [0.15, 0.2) is 0 Å². The Morgan fingerprint density at radius 1 is 1.50 bits per heavy atom. The molecule has 1 atom stereocenters. The molecule has 1 aromatic heterocycles. The Balaban J connectivity index is 2.05. The number of thioether (sulfide) groups is 1. The molecule has 0 spiro atoms. The van der Waals surface area contributed by atoms with Crippen LogP contribution in [0.15, 0.2) is 5.16 Å². The maximum Gasteiger partial charge on any atom is 0.319 e. The van der Waals surface area contributed by atoms with E-state index in [0.717, 1.165) is 37.3 Å². The molecule has 2 rings (SSSR count). The second kappa shape index (κ2) is 7.61. The molecule has 1 aliphatic carbocycles. The number of aromatic nitrogens is 4. The summed E-state index contributed by atoms with van der Waals surface area (Å²) < 4.78 is 6.77. The zero-order chi connectivity index (χ0) is 14.4. The van der Waals surface area contributed by atoms with Crippen LogP contribution in [0, 0.1) is 0 Å². The highest BCUT2D eigenvalue weighted by molar-refractivity contribution is 8.00. The summed E-state index contributed by atoms with van der Waals surface area (Å²) >= 11 is 1.43. The highest BCUT2D eigenvalue weighted by atomic mass is 32.2. The zero-order valence-electron chi connectivity index (χ0n) is 12.1. The van der Waals surface area contributed by atoms with Crippen LogP contribution in [0.4, 0.5) is 0 Å². The number of esters is 1. The summed E-state index contributed by atoms with van der Waals surface area (Å²) in [5, 5.41) is 12.5. The van der Waals surface area contributed by atoms with Crippen molar-refractivity contribution in [2.75, 3.05) is 7.11 Å². The van der Waals surface area contributed by atoms with Crippen LogP contribution in [-0.4, -0.2) is 38.5 Å². The number of unbranched alkanes of at least 4 members (excludes halogenated alkanes) is 1. The minimum absolute atomic E-state index is 0.190. The fourth-order valence-electron chi connectivity index (χ4n) is 2.51. The summed E-state index contributed by atoms with van der Waals surface area (Å²) in [5.41, 5.74) is 0. The van der Waals surface area contributed by atoms with Gasteiger partial charge in [-0.25, -0.2) is 4.68 Å². The SMILES string of the molecule is CCCCC(Sc1nnnn1C1CCCC1)C(=O)OC. The van der Waals surface area contributed by atoms with Crippen LogP contribution in [0.1, 0.15) is 57.9 Å². The lowest BCUT2D eigenvalue weighted by Gasteiger charge is -2.15. The first-order valence-corrected chi connectivity index (χ1v) is 8.16. The number of rotatable bonds is 7. The summed E-state index contributed by atoms with van der Waals surface area (Å²) in [6.45, 7) is 2.11. The Kier molecular flexibility index (Phi) is 5.82. The number of hydrogen-bond acceptors (Lipinski definition) is 6. The number of methoxy groups -OCH3 is 1. The van der Waals surface area contributed by atoms with Gasteiger partial charge in [-0.15, -0.1) is 5.10 Å². The topological polar surface area (TPSA) is 69.9 Å². The van der Waals surface area contributed by atoms with Gasteiger partial charge in [-0.3, -0.25) is 4.79 Å². The third-order valence-electron chi connectivity index (χ3n) is 3.66. The van der Waals surface area contributed by atoms with E-state index in [2.05, 4.69) is 22.4 Å². The van der Waals surface area contributed by atoms with Gasteiger partial charge in [0.1, 0.15) is 5.25 Å². The van der Waals surface area contributed by atoms with Crippen LogP contribution in [0.25, 0.3) is 0 Å². The molecule has 112 valence electrons. The molecular weight excluding hydrogens is 276 g/mol. The molecular formula is C13H22N4O2S. The number of carbonyl (C=O) groups is 1. The lowest BCUT2D eigenvalue weighted by molar-refractivity contribution is -0.140. The normalized spacial score (nSPS) is 17.3. The van der Waals surface area contributed by atoms with Gasteiger partial charge in [0.25, 0.3) is 0 Å². The van der Waals surface area contributed by atoms with Gasteiger partial charge in [0.2, 0.25) is 5.16 Å². The summed E-state index contributed by atoms with van der Waals surface area (Å²) in [6.07, 6.45) is 7.55. The molecule has 1 saturated carbocycles. The number of ether oxygens (including phenoxy) is 1. The standard InChI is InChI=1S/C13H22N4O2S/c1-3-4-9-11(12(18)19-2)20-13-14-15-16-17(13)10-7-5-6-8-10/h10-11H,3-9H2,1-2H3. The van der Waals surface area contributed by atoms with E-state index in [1.807, 2.05) is 4.68 Å². The van der Waals surface area contributed by atoms with Crippen molar-refractivity contribution in [2.45, 2.75) is 68.3 Å².